The monoisotopic (exact) mass is 424 g/mol. The van der Waals surface area contributed by atoms with Gasteiger partial charge in [0.25, 0.3) is 10.0 Å². The second-order valence-electron chi connectivity index (χ2n) is 6.75. The van der Waals surface area contributed by atoms with Gasteiger partial charge in [-0.3, -0.25) is 4.31 Å². The van der Waals surface area contributed by atoms with Crippen molar-refractivity contribution < 1.29 is 21.6 Å². The third-order valence-corrected chi connectivity index (χ3v) is 8.49. The van der Waals surface area contributed by atoms with E-state index in [-0.39, 0.29) is 22.9 Å². The van der Waals surface area contributed by atoms with Gasteiger partial charge in [-0.2, -0.15) is 4.31 Å². The molecule has 1 aliphatic heterocycles. The van der Waals surface area contributed by atoms with Crippen LogP contribution in [0.5, 0.6) is 0 Å². The fourth-order valence-electron chi connectivity index (χ4n) is 3.07. The lowest BCUT2D eigenvalue weighted by molar-refractivity contribution is 0.0730. The predicted molar refractivity (Wildman–Crippen MR) is 108 cm³/mol. The molecule has 1 heterocycles. The summed E-state index contributed by atoms with van der Waals surface area (Å²) in [5, 5.41) is 0. The van der Waals surface area contributed by atoms with Crippen LogP contribution in [-0.2, 0) is 24.8 Å². The first-order valence-electron chi connectivity index (χ1n) is 8.88. The van der Waals surface area contributed by atoms with Gasteiger partial charge in [-0.15, -0.1) is 0 Å². The first-order valence-corrected chi connectivity index (χ1v) is 11.8. The molecule has 2 aromatic carbocycles. The van der Waals surface area contributed by atoms with E-state index in [4.69, 9.17) is 4.74 Å². The maximum atomic E-state index is 13.0. The van der Waals surface area contributed by atoms with Crippen LogP contribution in [0.2, 0.25) is 0 Å². The van der Waals surface area contributed by atoms with Crippen molar-refractivity contribution in [2.45, 2.75) is 23.6 Å². The summed E-state index contributed by atoms with van der Waals surface area (Å²) in [5.41, 5.74) is 2.38. The molecule has 0 N–H and O–H groups in total. The second-order valence-corrected chi connectivity index (χ2v) is 10.7. The van der Waals surface area contributed by atoms with Gasteiger partial charge in [-0.25, -0.2) is 16.8 Å². The van der Waals surface area contributed by atoms with Crippen LogP contribution in [-0.4, -0.2) is 54.5 Å². The van der Waals surface area contributed by atoms with Gasteiger partial charge in [0.15, 0.2) is 0 Å². The van der Waals surface area contributed by atoms with E-state index < -0.39 is 20.0 Å². The smallest absolute Gasteiger partial charge is 0.264 e. The molecule has 0 radical (unpaired) electrons. The SMILES string of the molecule is Cc1ccc(C)c(N(C)S(=O)(=O)c2ccc(S(=O)(=O)N3CCOCC3)cc2)c1. The highest BCUT2D eigenvalue weighted by molar-refractivity contribution is 7.92. The van der Waals surface area contributed by atoms with Crippen molar-refractivity contribution in [3.8, 4) is 0 Å². The van der Waals surface area contributed by atoms with Crippen molar-refractivity contribution in [2.75, 3.05) is 37.7 Å². The number of benzene rings is 2. The summed E-state index contributed by atoms with van der Waals surface area (Å²) in [6.07, 6.45) is 0. The minimum atomic E-state index is -3.81. The second kappa shape index (κ2) is 7.82. The van der Waals surface area contributed by atoms with Crippen molar-refractivity contribution >= 4 is 25.7 Å². The topological polar surface area (TPSA) is 84.0 Å². The molecule has 1 fully saturated rings. The quantitative estimate of drug-likeness (QED) is 0.734. The number of ether oxygens (including phenoxy) is 1. The molecule has 2 aromatic rings. The number of morpholine rings is 1. The summed E-state index contributed by atoms with van der Waals surface area (Å²) in [7, 11) is -5.98. The number of nitrogens with zero attached hydrogens (tertiary/aromatic N) is 2. The Bertz CT molecular complexity index is 1060. The number of hydrogen-bond donors (Lipinski definition) is 0. The van der Waals surface area contributed by atoms with Gasteiger partial charge in [0, 0.05) is 20.1 Å². The van der Waals surface area contributed by atoms with Crippen LogP contribution < -0.4 is 4.31 Å². The van der Waals surface area contributed by atoms with Crippen molar-refractivity contribution in [3.63, 3.8) is 0 Å². The van der Waals surface area contributed by atoms with Crippen molar-refractivity contribution in [2.24, 2.45) is 0 Å². The first kappa shape index (κ1) is 20.8. The molecule has 0 atom stereocenters. The molecule has 7 nitrogen and oxygen atoms in total. The van der Waals surface area contributed by atoms with Gasteiger partial charge in [0.1, 0.15) is 0 Å². The summed E-state index contributed by atoms with van der Waals surface area (Å²) >= 11 is 0. The fourth-order valence-corrected chi connectivity index (χ4v) is 5.73. The summed E-state index contributed by atoms with van der Waals surface area (Å²) < 4.78 is 59.2. The van der Waals surface area contributed by atoms with E-state index in [2.05, 4.69) is 0 Å². The summed E-state index contributed by atoms with van der Waals surface area (Å²) in [4.78, 5) is 0.111. The van der Waals surface area contributed by atoms with E-state index in [0.717, 1.165) is 11.1 Å². The minimum Gasteiger partial charge on any atom is -0.379 e. The zero-order valence-corrected chi connectivity index (χ0v) is 17.8. The molecule has 3 rings (SSSR count). The lowest BCUT2D eigenvalue weighted by atomic mass is 10.1. The van der Waals surface area contributed by atoms with Crippen molar-refractivity contribution in [1.82, 2.24) is 4.31 Å². The van der Waals surface area contributed by atoms with Gasteiger partial charge < -0.3 is 4.74 Å². The summed E-state index contributed by atoms with van der Waals surface area (Å²) in [6, 6.07) is 11.0. The van der Waals surface area contributed by atoms with Crippen LogP contribution >= 0.6 is 0 Å². The van der Waals surface area contributed by atoms with Crippen LogP contribution in [0.25, 0.3) is 0 Å². The van der Waals surface area contributed by atoms with E-state index in [0.29, 0.717) is 18.9 Å². The van der Waals surface area contributed by atoms with E-state index in [9.17, 15) is 16.8 Å². The molecule has 152 valence electrons. The molecule has 0 unspecified atom stereocenters. The Balaban J connectivity index is 1.90. The molecular formula is C19H24N2O5S2. The van der Waals surface area contributed by atoms with E-state index in [1.807, 2.05) is 32.0 Å². The molecule has 9 heteroatoms. The molecule has 0 aliphatic carbocycles. The molecule has 1 aliphatic rings. The predicted octanol–water partition coefficient (Wildman–Crippen LogP) is 2.15. The number of rotatable bonds is 5. The highest BCUT2D eigenvalue weighted by atomic mass is 32.2. The standard InChI is InChI=1S/C19H24N2O5S2/c1-15-4-5-16(2)19(14-15)20(3)27(22,23)17-6-8-18(9-7-17)28(24,25)21-10-12-26-13-11-21/h4-9,14H,10-13H2,1-3H3. The largest absolute Gasteiger partial charge is 0.379 e. The average molecular weight is 425 g/mol. The van der Waals surface area contributed by atoms with Crippen LogP contribution in [0.1, 0.15) is 11.1 Å². The van der Waals surface area contributed by atoms with E-state index >= 15 is 0 Å². The lowest BCUT2D eigenvalue weighted by Crippen LogP contribution is -2.40. The van der Waals surface area contributed by atoms with Crippen LogP contribution in [0.3, 0.4) is 0 Å². The van der Waals surface area contributed by atoms with Crippen LogP contribution in [0.4, 0.5) is 5.69 Å². The Kier molecular flexibility index (Phi) is 5.81. The molecule has 0 bridgehead atoms. The highest BCUT2D eigenvalue weighted by Gasteiger charge is 2.28. The summed E-state index contributed by atoms with van der Waals surface area (Å²) in [6.45, 7) is 5.03. The lowest BCUT2D eigenvalue weighted by Gasteiger charge is -2.26. The highest BCUT2D eigenvalue weighted by Crippen LogP contribution is 2.27. The summed E-state index contributed by atoms with van der Waals surface area (Å²) in [5.74, 6) is 0. The Morgan fingerprint density at radius 3 is 2.07 bits per heavy atom. The van der Waals surface area contributed by atoms with Crippen molar-refractivity contribution in [1.29, 1.82) is 0 Å². The molecule has 1 saturated heterocycles. The Morgan fingerprint density at radius 1 is 0.893 bits per heavy atom. The molecule has 28 heavy (non-hydrogen) atoms. The zero-order chi connectivity index (χ0) is 20.5. The average Bonchev–Trinajstić information content (AvgIpc) is 2.70. The van der Waals surface area contributed by atoms with Gasteiger partial charge in [0.05, 0.1) is 28.7 Å². The van der Waals surface area contributed by atoms with E-state index in [1.165, 1.54) is 39.9 Å². The van der Waals surface area contributed by atoms with Gasteiger partial charge >= 0.3 is 0 Å². The maximum absolute atomic E-state index is 13.0. The maximum Gasteiger partial charge on any atom is 0.264 e. The number of sulfonamides is 2. The normalized spacial score (nSPS) is 16.1. The number of hydrogen-bond acceptors (Lipinski definition) is 5. The molecular weight excluding hydrogens is 400 g/mol. The minimum absolute atomic E-state index is 0.0387. The number of anilines is 1. The Hall–Kier alpha value is -1.94. The van der Waals surface area contributed by atoms with Gasteiger partial charge in [-0.1, -0.05) is 12.1 Å². The third kappa shape index (κ3) is 3.93. The molecule has 0 saturated carbocycles. The molecule has 0 aromatic heterocycles. The fraction of sp³-hybridized carbons (Fsp3) is 0.368. The molecule has 0 amide bonds. The van der Waals surface area contributed by atoms with Crippen molar-refractivity contribution in [3.05, 3.63) is 53.6 Å². The first-order chi connectivity index (χ1) is 13.1. The van der Waals surface area contributed by atoms with Gasteiger partial charge in [-0.05, 0) is 55.3 Å². The zero-order valence-electron chi connectivity index (χ0n) is 16.1. The van der Waals surface area contributed by atoms with Crippen LogP contribution in [0.15, 0.2) is 52.3 Å². The third-order valence-electron chi connectivity index (χ3n) is 4.79. The number of aryl methyl sites for hydroxylation is 2. The van der Waals surface area contributed by atoms with Gasteiger partial charge in [0.2, 0.25) is 10.0 Å². The Morgan fingerprint density at radius 2 is 1.46 bits per heavy atom. The Labute approximate surface area is 166 Å². The van der Waals surface area contributed by atoms with E-state index in [1.54, 1.807) is 0 Å². The molecule has 0 spiro atoms. The van der Waals surface area contributed by atoms with Crippen LogP contribution in [0, 0.1) is 13.8 Å².